The highest BCUT2D eigenvalue weighted by Crippen LogP contribution is 2.38. The van der Waals surface area contributed by atoms with Crippen LogP contribution in [0.15, 0.2) is 42.5 Å². The van der Waals surface area contributed by atoms with E-state index in [1.807, 2.05) is 53.6 Å². The van der Waals surface area contributed by atoms with Crippen molar-refractivity contribution in [3.63, 3.8) is 0 Å². The van der Waals surface area contributed by atoms with Crippen molar-refractivity contribution < 1.29 is 9.53 Å². The summed E-state index contributed by atoms with van der Waals surface area (Å²) in [7, 11) is 1.64. The van der Waals surface area contributed by atoms with Gasteiger partial charge in [-0.15, -0.1) is 0 Å². The highest BCUT2D eigenvalue weighted by atomic mass is 35.5. The van der Waals surface area contributed by atoms with Gasteiger partial charge in [0.2, 0.25) is 0 Å². The van der Waals surface area contributed by atoms with Crippen LogP contribution in [0.3, 0.4) is 0 Å². The number of halogens is 2. The average molecular weight is 445 g/mol. The van der Waals surface area contributed by atoms with Gasteiger partial charge >= 0.3 is 0 Å². The van der Waals surface area contributed by atoms with Crippen LogP contribution in [0.1, 0.15) is 35.7 Å². The minimum Gasteiger partial charge on any atom is -0.497 e. The third-order valence-corrected chi connectivity index (χ3v) is 5.72. The van der Waals surface area contributed by atoms with Crippen LogP contribution < -0.4 is 15.0 Å². The Morgan fingerprint density at radius 1 is 1.17 bits per heavy atom. The molecule has 30 heavy (non-hydrogen) atoms. The van der Waals surface area contributed by atoms with Crippen LogP contribution in [0.5, 0.6) is 5.75 Å². The molecule has 1 N–H and O–H groups in total. The van der Waals surface area contributed by atoms with E-state index in [1.54, 1.807) is 19.2 Å². The number of imidazole rings is 1. The van der Waals surface area contributed by atoms with Crippen molar-refractivity contribution in [1.82, 2.24) is 14.9 Å². The molecule has 4 rings (SSSR count). The average Bonchev–Trinajstić information content (AvgIpc) is 3.08. The van der Waals surface area contributed by atoms with Crippen LogP contribution in [-0.4, -0.2) is 28.7 Å². The Kier molecular flexibility index (Phi) is 5.62. The monoisotopic (exact) mass is 444 g/mol. The molecule has 1 aromatic heterocycles. The van der Waals surface area contributed by atoms with Crippen molar-refractivity contribution in [3.8, 4) is 5.75 Å². The van der Waals surface area contributed by atoms with E-state index in [4.69, 9.17) is 32.9 Å². The van der Waals surface area contributed by atoms with Crippen LogP contribution >= 0.6 is 23.2 Å². The SMILES string of the molecule is CCc1nc2c(n1Cc1ccc(OC)cc1)C(=O)NC(C)N2c1ccc(Cl)cc1Cl. The molecule has 0 aliphatic carbocycles. The molecule has 3 aromatic rings. The summed E-state index contributed by atoms with van der Waals surface area (Å²) in [6.07, 6.45) is 0.380. The van der Waals surface area contributed by atoms with Crippen LogP contribution in [0.25, 0.3) is 0 Å². The Labute approximate surface area is 185 Å². The lowest BCUT2D eigenvalue weighted by Crippen LogP contribution is -2.49. The van der Waals surface area contributed by atoms with Crippen LogP contribution in [0.2, 0.25) is 10.0 Å². The summed E-state index contributed by atoms with van der Waals surface area (Å²) in [4.78, 5) is 19.8. The lowest BCUT2D eigenvalue weighted by Gasteiger charge is -2.35. The maximum Gasteiger partial charge on any atom is 0.273 e. The van der Waals surface area contributed by atoms with E-state index in [0.29, 0.717) is 34.5 Å². The largest absolute Gasteiger partial charge is 0.497 e. The first-order valence-corrected chi connectivity index (χ1v) is 10.5. The third-order valence-electron chi connectivity index (χ3n) is 5.18. The number of amides is 1. The Morgan fingerprint density at radius 3 is 2.53 bits per heavy atom. The lowest BCUT2D eigenvalue weighted by molar-refractivity contribution is 0.0924. The van der Waals surface area contributed by atoms with Crippen LogP contribution in [0, 0.1) is 0 Å². The Hall–Kier alpha value is -2.70. The predicted molar refractivity (Wildman–Crippen MR) is 119 cm³/mol. The highest BCUT2D eigenvalue weighted by molar-refractivity contribution is 6.36. The number of rotatable bonds is 5. The zero-order valence-corrected chi connectivity index (χ0v) is 18.5. The van der Waals surface area contributed by atoms with Crippen LogP contribution in [-0.2, 0) is 13.0 Å². The Bertz CT molecular complexity index is 1100. The van der Waals surface area contributed by atoms with Crippen molar-refractivity contribution in [2.75, 3.05) is 12.0 Å². The normalized spacial score (nSPS) is 15.7. The lowest BCUT2D eigenvalue weighted by atomic mass is 10.2. The van der Waals surface area contributed by atoms with E-state index in [1.165, 1.54) is 0 Å². The molecule has 1 unspecified atom stereocenters. The zero-order chi connectivity index (χ0) is 21.4. The number of hydrogen-bond acceptors (Lipinski definition) is 4. The number of anilines is 2. The van der Waals surface area contributed by atoms with Crippen molar-refractivity contribution >= 4 is 40.6 Å². The van der Waals surface area contributed by atoms with Gasteiger partial charge in [-0.05, 0) is 42.8 Å². The number of fused-ring (bicyclic) bond motifs is 1. The molecule has 6 nitrogen and oxygen atoms in total. The summed E-state index contributed by atoms with van der Waals surface area (Å²) in [5, 5.41) is 4.07. The summed E-state index contributed by atoms with van der Waals surface area (Å²) < 4.78 is 7.21. The number of benzene rings is 2. The molecule has 0 saturated heterocycles. The number of hydrogen-bond donors (Lipinski definition) is 1. The number of nitrogens with zero attached hydrogens (tertiary/aromatic N) is 3. The summed E-state index contributed by atoms with van der Waals surface area (Å²) in [6.45, 7) is 4.46. The van der Waals surface area contributed by atoms with Crippen molar-refractivity contribution in [2.45, 2.75) is 33.0 Å². The number of nitrogens with one attached hydrogen (secondary N) is 1. The fraction of sp³-hybridized carbons (Fsp3) is 0.273. The summed E-state index contributed by atoms with van der Waals surface area (Å²) >= 11 is 12.6. The van der Waals surface area contributed by atoms with E-state index >= 15 is 0 Å². The first-order chi connectivity index (χ1) is 14.4. The fourth-order valence-electron chi connectivity index (χ4n) is 3.74. The molecule has 2 heterocycles. The van der Waals surface area contributed by atoms with E-state index in [9.17, 15) is 4.79 Å². The maximum absolute atomic E-state index is 13.0. The van der Waals surface area contributed by atoms with Gasteiger partial charge in [-0.3, -0.25) is 4.79 Å². The van der Waals surface area contributed by atoms with E-state index in [0.717, 1.165) is 22.8 Å². The molecule has 0 fully saturated rings. The molecule has 0 spiro atoms. The summed E-state index contributed by atoms with van der Waals surface area (Å²) in [6, 6.07) is 13.1. The van der Waals surface area contributed by atoms with Gasteiger partial charge in [-0.25, -0.2) is 4.98 Å². The van der Waals surface area contributed by atoms with E-state index < -0.39 is 0 Å². The molecule has 0 bridgehead atoms. The Morgan fingerprint density at radius 2 is 1.90 bits per heavy atom. The van der Waals surface area contributed by atoms with Gasteiger partial charge in [-0.1, -0.05) is 42.3 Å². The maximum atomic E-state index is 13.0. The number of methoxy groups -OCH3 is 1. The molecule has 156 valence electrons. The van der Waals surface area contributed by atoms with E-state index in [-0.39, 0.29) is 12.1 Å². The molecule has 2 aromatic carbocycles. The second kappa shape index (κ2) is 8.20. The molecule has 1 amide bonds. The fourth-order valence-corrected chi connectivity index (χ4v) is 4.24. The van der Waals surface area contributed by atoms with Gasteiger partial charge in [-0.2, -0.15) is 0 Å². The minimum atomic E-state index is -0.308. The number of ether oxygens (including phenoxy) is 1. The van der Waals surface area contributed by atoms with E-state index in [2.05, 4.69) is 5.32 Å². The standard InChI is InChI=1S/C22H22Cl2N4O2/c1-4-19-26-21-20(27(19)12-14-5-8-16(30-3)9-6-14)22(29)25-13(2)28(21)18-10-7-15(23)11-17(18)24/h5-11,13H,4,12H2,1-3H3,(H,25,29). The van der Waals surface area contributed by atoms with Gasteiger partial charge in [0, 0.05) is 18.0 Å². The molecule has 1 aliphatic heterocycles. The summed E-state index contributed by atoms with van der Waals surface area (Å²) in [5.41, 5.74) is 2.31. The molecule has 1 aliphatic rings. The van der Waals surface area contributed by atoms with Gasteiger partial charge in [0.1, 0.15) is 17.7 Å². The van der Waals surface area contributed by atoms with Crippen molar-refractivity contribution in [2.24, 2.45) is 0 Å². The first-order valence-electron chi connectivity index (χ1n) is 9.70. The number of carbonyl (C=O) groups is 1. The Balaban J connectivity index is 1.82. The molecule has 1 atom stereocenters. The third kappa shape index (κ3) is 3.61. The van der Waals surface area contributed by atoms with Crippen molar-refractivity contribution in [1.29, 1.82) is 0 Å². The number of aromatic nitrogens is 2. The topological polar surface area (TPSA) is 59.4 Å². The molecule has 0 saturated carbocycles. The predicted octanol–water partition coefficient (Wildman–Crippen LogP) is 5.04. The quantitative estimate of drug-likeness (QED) is 0.598. The molecule has 0 radical (unpaired) electrons. The van der Waals surface area contributed by atoms with Gasteiger partial charge in [0.05, 0.1) is 17.8 Å². The summed E-state index contributed by atoms with van der Waals surface area (Å²) in [5.74, 6) is 2.06. The smallest absolute Gasteiger partial charge is 0.273 e. The molecular weight excluding hydrogens is 423 g/mol. The number of aryl methyl sites for hydroxylation is 1. The first kappa shape index (κ1) is 20.6. The van der Waals surface area contributed by atoms with Crippen molar-refractivity contribution in [3.05, 3.63) is 69.6 Å². The van der Waals surface area contributed by atoms with Gasteiger partial charge in [0.15, 0.2) is 11.5 Å². The zero-order valence-electron chi connectivity index (χ0n) is 16.9. The van der Waals surface area contributed by atoms with Gasteiger partial charge < -0.3 is 19.5 Å². The second-order valence-corrected chi connectivity index (χ2v) is 7.95. The molecular formula is C22H22Cl2N4O2. The van der Waals surface area contributed by atoms with Crippen LogP contribution in [0.4, 0.5) is 11.5 Å². The number of carbonyl (C=O) groups excluding carboxylic acids is 1. The minimum absolute atomic E-state index is 0.153. The second-order valence-electron chi connectivity index (χ2n) is 7.10. The molecule has 8 heteroatoms. The van der Waals surface area contributed by atoms with Gasteiger partial charge in [0.25, 0.3) is 5.91 Å². The highest BCUT2D eigenvalue weighted by Gasteiger charge is 2.36.